The van der Waals surface area contributed by atoms with E-state index in [9.17, 15) is 5.11 Å². The Bertz CT molecular complexity index is 777. The standard InChI is InChI=1S/C17H20N4O2/c1-20-10-8-18-16(20)15(22)12-5-4-9-21(11-12)17-19-13-6-2-3-7-14(13)23-17/h2-3,6-8,10,12,15,22H,4-5,9,11H2,1H3. The van der Waals surface area contributed by atoms with Crippen LogP contribution in [0.15, 0.2) is 41.1 Å². The number of aliphatic hydroxyl groups excluding tert-OH is 1. The predicted molar refractivity (Wildman–Crippen MR) is 87.1 cm³/mol. The van der Waals surface area contributed by atoms with Crippen molar-refractivity contribution in [2.75, 3.05) is 18.0 Å². The number of oxazole rings is 1. The van der Waals surface area contributed by atoms with Crippen molar-refractivity contribution in [3.05, 3.63) is 42.5 Å². The first-order valence-corrected chi connectivity index (χ1v) is 7.98. The Hall–Kier alpha value is -2.34. The molecule has 1 saturated heterocycles. The summed E-state index contributed by atoms with van der Waals surface area (Å²) >= 11 is 0. The van der Waals surface area contributed by atoms with E-state index in [2.05, 4.69) is 14.9 Å². The van der Waals surface area contributed by atoms with Gasteiger partial charge in [0.25, 0.3) is 6.01 Å². The molecule has 0 spiro atoms. The Balaban J connectivity index is 1.56. The van der Waals surface area contributed by atoms with E-state index >= 15 is 0 Å². The van der Waals surface area contributed by atoms with Crippen molar-refractivity contribution in [1.29, 1.82) is 0 Å². The lowest BCUT2D eigenvalue weighted by atomic mass is 9.92. The van der Waals surface area contributed by atoms with E-state index < -0.39 is 6.10 Å². The Morgan fingerprint density at radius 2 is 2.22 bits per heavy atom. The van der Waals surface area contributed by atoms with E-state index in [1.807, 2.05) is 42.1 Å². The number of para-hydroxylation sites is 2. The van der Waals surface area contributed by atoms with E-state index in [1.54, 1.807) is 6.20 Å². The Kier molecular flexibility index (Phi) is 3.53. The van der Waals surface area contributed by atoms with E-state index in [-0.39, 0.29) is 5.92 Å². The van der Waals surface area contributed by atoms with Crippen LogP contribution in [0.2, 0.25) is 0 Å². The van der Waals surface area contributed by atoms with Crippen LogP contribution in [-0.2, 0) is 7.05 Å². The van der Waals surface area contributed by atoms with Crippen molar-refractivity contribution in [3.8, 4) is 0 Å². The van der Waals surface area contributed by atoms with Gasteiger partial charge in [-0.2, -0.15) is 4.98 Å². The van der Waals surface area contributed by atoms with Gasteiger partial charge < -0.3 is 19.0 Å². The molecule has 3 heterocycles. The average molecular weight is 312 g/mol. The highest BCUT2D eigenvalue weighted by molar-refractivity contribution is 5.74. The van der Waals surface area contributed by atoms with E-state index in [1.165, 1.54) is 0 Å². The van der Waals surface area contributed by atoms with Crippen molar-refractivity contribution in [2.45, 2.75) is 18.9 Å². The third-order valence-electron chi connectivity index (χ3n) is 4.58. The topological polar surface area (TPSA) is 67.3 Å². The Morgan fingerprint density at radius 3 is 3.00 bits per heavy atom. The SMILES string of the molecule is Cn1ccnc1C(O)C1CCCN(c2nc3ccccc3o2)C1. The zero-order valence-electron chi connectivity index (χ0n) is 13.1. The minimum absolute atomic E-state index is 0.125. The van der Waals surface area contributed by atoms with Gasteiger partial charge in [-0.25, -0.2) is 4.98 Å². The summed E-state index contributed by atoms with van der Waals surface area (Å²) in [6, 6.07) is 8.42. The summed E-state index contributed by atoms with van der Waals surface area (Å²) in [5.41, 5.74) is 1.67. The Labute approximate surface area is 134 Å². The number of fused-ring (bicyclic) bond motifs is 1. The molecule has 0 bridgehead atoms. The maximum atomic E-state index is 10.7. The second-order valence-corrected chi connectivity index (χ2v) is 6.15. The molecule has 1 aromatic carbocycles. The van der Waals surface area contributed by atoms with E-state index in [0.29, 0.717) is 6.01 Å². The normalized spacial score (nSPS) is 20.1. The molecular weight excluding hydrogens is 292 g/mol. The lowest BCUT2D eigenvalue weighted by Gasteiger charge is -2.33. The number of piperidine rings is 1. The summed E-state index contributed by atoms with van der Waals surface area (Å²) in [7, 11) is 1.91. The molecule has 2 unspecified atom stereocenters. The van der Waals surface area contributed by atoms with Gasteiger partial charge in [0.15, 0.2) is 5.58 Å². The lowest BCUT2D eigenvalue weighted by Crippen LogP contribution is -2.38. The number of imidazole rings is 1. The van der Waals surface area contributed by atoms with Gasteiger partial charge in [-0.15, -0.1) is 0 Å². The average Bonchev–Trinajstić information content (AvgIpc) is 3.20. The molecule has 6 nitrogen and oxygen atoms in total. The monoisotopic (exact) mass is 312 g/mol. The van der Waals surface area contributed by atoms with Crippen LogP contribution < -0.4 is 4.90 Å². The third kappa shape index (κ3) is 2.59. The molecule has 1 N–H and O–H groups in total. The molecule has 0 aliphatic carbocycles. The fraction of sp³-hybridized carbons (Fsp3) is 0.412. The van der Waals surface area contributed by atoms with Gasteiger partial charge >= 0.3 is 0 Å². The predicted octanol–water partition coefficient (Wildman–Crippen LogP) is 2.51. The van der Waals surface area contributed by atoms with Crippen LogP contribution in [0.4, 0.5) is 6.01 Å². The first kappa shape index (κ1) is 14.3. The van der Waals surface area contributed by atoms with Gasteiger partial charge in [0.05, 0.1) is 0 Å². The number of aromatic nitrogens is 3. The van der Waals surface area contributed by atoms with Crippen LogP contribution in [0.1, 0.15) is 24.8 Å². The first-order chi connectivity index (χ1) is 11.2. The highest BCUT2D eigenvalue weighted by Crippen LogP contribution is 2.32. The minimum Gasteiger partial charge on any atom is -0.423 e. The second-order valence-electron chi connectivity index (χ2n) is 6.15. The minimum atomic E-state index is -0.567. The number of rotatable bonds is 3. The molecule has 6 heteroatoms. The van der Waals surface area contributed by atoms with Crippen molar-refractivity contribution >= 4 is 17.1 Å². The zero-order valence-corrected chi connectivity index (χ0v) is 13.1. The van der Waals surface area contributed by atoms with Crippen molar-refractivity contribution in [1.82, 2.24) is 14.5 Å². The largest absolute Gasteiger partial charge is 0.423 e. The fourth-order valence-corrected chi connectivity index (χ4v) is 3.31. The molecule has 0 saturated carbocycles. The number of aliphatic hydroxyl groups is 1. The smallest absolute Gasteiger partial charge is 0.298 e. The summed E-state index contributed by atoms with van der Waals surface area (Å²) in [4.78, 5) is 11.0. The van der Waals surface area contributed by atoms with Crippen molar-refractivity contribution in [2.24, 2.45) is 13.0 Å². The number of anilines is 1. The van der Waals surface area contributed by atoms with E-state index in [4.69, 9.17) is 4.42 Å². The number of hydrogen-bond acceptors (Lipinski definition) is 5. The number of aryl methyl sites for hydroxylation is 1. The van der Waals surface area contributed by atoms with Crippen LogP contribution in [0.5, 0.6) is 0 Å². The molecule has 1 aliphatic rings. The molecule has 3 aromatic rings. The van der Waals surface area contributed by atoms with Crippen molar-refractivity contribution in [3.63, 3.8) is 0 Å². The van der Waals surface area contributed by atoms with Gasteiger partial charge in [-0.1, -0.05) is 12.1 Å². The lowest BCUT2D eigenvalue weighted by molar-refractivity contribution is 0.0867. The van der Waals surface area contributed by atoms with Crippen LogP contribution in [0.25, 0.3) is 11.1 Å². The summed E-state index contributed by atoms with van der Waals surface area (Å²) in [6.07, 6.45) is 5.00. The number of benzene rings is 1. The van der Waals surface area contributed by atoms with Crippen LogP contribution in [0, 0.1) is 5.92 Å². The number of nitrogens with zero attached hydrogens (tertiary/aromatic N) is 4. The maximum absolute atomic E-state index is 10.7. The molecular formula is C17H20N4O2. The quantitative estimate of drug-likeness (QED) is 0.805. The summed E-state index contributed by atoms with van der Waals surface area (Å²) in [6.45, 7) is 1.62. The van der Waals surface area contributed by atoms with Crippen LogP contribution >= 0.6 is 0 Å². The number of hydrogen-bond donors (Lipinski definition) is 1. The molecule has 4 rings (SSSR count). The van der Waals surface area contributed by atoms with E-state index in [0.717, 1.165) is 42.9 Å². The molecule has 1 aliphatic heterocycles. The summed E-state index contributed by atoms with van der Waals surface area (Å²) < 4.78 is 7.74. The van der Waals surface area contributed by atoms with Gasteiger partial charge in [0.1, 0.15) is 17.4 Å². The summed E-state index contributed by atoms with van der Waals surface area (Å²) in [5.74, 6) is 0.842. The highest BCUT2D eigenvalue weighted by atomic mass is 16.4. The van der Waals surface area contributed by atoms with Crippen LogP contribution in [-0.4, -0.2) is 32.7 Å². The van der Waals surface area contributed by atoms with Gasteiger partial charge in [0.2, 0.25) is 0 Å². The second kappa shape index (κ2) is 5.70. The molecule has 120 valence electrons. The zero-order chi connectivity index (χ0) is 15.8. The van der Waals surface area contributed by atoms with Crippen molar-refractivity contribution < 1.29 is 9.52 Å². The molecule has 2 aromatic heterocycles. The Morgan fingerprint density at radius 1 is 1.35 bits per heavy atom. The highest BCUT2D eigenvalue weighted by Gasteiger charge is 2.30. The summed E-state index contributed by atoms with van der Waals surface area (Å²) in [5, 5.41) is 10.7. The van der Waals surface area contributed by atoms with Gasteiger partial charge in [-0.3, -0.25) is 0 Å². The van der Waals surface area contributed by atoms with Gasteiger partial charge in [-0.05, 0) is 25.0 Å². The maximum Gasteiger partial charge on any atom is 0.298 e. The molecule has 2 atom stereocenters. The van der Waals surface area contributed by atoms with Crippen LogP contribution in [0.3, 0.4) is 0 Å². The molecule has 23 heavy (non-hydrogen) atoms. The first-order valence-electron chi connectivity index (χ1n) is 7.98. The fourth-order valence-electron chi connectivity index (χ4n) is 3.31. The van der Waals surface area contributed by atoms with Gasteiger partial charge in [0, 0.05) is 38.4 Å². The third-order valence-corrected chi connectivity index (χ3v) is 4.58. The molecule has 0 amide bonds. The molecule has 0 radical (unpaired) electrons. The molecule has 1 fully saturated rings.